The van der Waals surface area contributed by atoms with E-state index < -0.39 is 29.5 Å². The van der Waals surface area contributed by atoms with Crippen molar-refractivity contribution in [2.24, 2.45) is 16.2 Å². The van der Waals surface area contributed by atoms with Crippen molar-refractivity contribution in [3.63, 3.8) is 0 Å². The molecule has 0 bridgehead atoms. The van der Waals surface area contributed by atoms with E-state index in [1.807, 2.05) is 0 Å². The molecule has 0 radical (unpaired) electrons. The molecule has 236 valence electrons. The third kappa shape index (κ3) is 10.5. The molecule has 0 aliphatic heterocycles. The van der Waals surface area contributed by atoms with Crippen molar-refractivity contribution in [3.05, 3.63) is 57.3 Å². The number of benzene rings is 1. The van der Waals surface area contributed by atoms with Gasteiger partial charge < -0.3 is 18.7 Å². The Morgan fingerprint density at radius 1 is 0.905 bits per heavy atom. The second-order valence-corrected chi connectivity index (χ2v) is 20.5. The van der Waals surface area contributed by atoms with Gasteiger partial charge in [0.15, 0.2) is 18.1 Å². The molecule has 0 fully saturated rings. The zero-order valence-corrected chi connectivity index (χ0v) is 31.5. The number of allylic oxidation sites excluding steroid dienone is 2. The van der Waals surface area contributed by atoms with Gasteiger partial charge in [-0.25, -0.2) is 0 Å². The highest BCUT2D eigenvalue weighted by Crippen LogP contribution is 2.46. The first-order chi connectivity index (χ1) is 19.3. The molecule has 2 rings (SSSR count). The molecule has 1 heterocycles. The minimum Gasteiger partial charge on any atom is -0.488 e. The van der Waals surface area contributed by atoms with Crippen molar-refractivity contribution in [2.75, 3.05) is 0 Å². The molecule has 42 heavy (non-hydrogen) atoms. The highest BCUT2D eigenvalue weighted by atomic mass is 32.1. The summed E-state index contributed by atoms with van der Waals surface area (Å²) in [6, 6.07) is 8.63. The third-order valence-corrected chi connectivity index (χ3v) is 9.78. The Bertz CT molecular complexity index is 1200. The smallest absolute Gasteiger partial charge is 0.309 e. The second kappa shape index (κ2) is 14.8. The van der Waals surface area contributed by atoms with E-state index in [0.29, 0.717) is 13.0 Å². The number of aliphatic carboxylic acids is 1. The molecular formula is C34H56O5SSi2. The van der Waals surface area contributed by atoms with Crippen LogP contribution in [0.1, 0.15) is 109 Å². The fourth-order valence-corrected chi connectivity index (χ4v) is 7.87. The van der Waals surface area contributed by atoms with E-state index in [9.17, 15) is 9.90 Å². The summed E-state index contributed by atoms with van der Waals surface area (Å²) >= 11 is 1.68. The monoisotopic (exact) mass is 632 g/mol. The van der Waals surface area contributed by atoms with Gasteiger partial charge in [0.25, 0.3) is 0 Å². The van der Waals surface area contributed by atoms with Crippen LogP contribution in [0.5, 0.6) is 5.75 Å². The minimum absolute atomic E-state index is 0.0271. The maximum absolute atomic E-state index is 11.6. The van der Waals surface area contributed by atoms with Gasteiger partial charge in [0.1, 0.15) is 12.4 Å². The fraction of sp³-hybridized carbons (Fsp3) is 0.618. The van der Waals surface area contributed by atoms with Crippen molar-refractivity contribution < 1.29 is 23.5 Å². The summed E-state index contributed by atoms with van der Waals surface area (Å²) in [6.45, 7) is 28.6. The van der Waals surface area contributed by atoms with Gasteiger partial charge in [-0.05, 0) is 110 Å². The van der Waals surface area contributed by atoms with Gasteiger partial charge in [-0.1, -0.05) is 60.6 Å². The maximum Gasteiger partial charge on any atom is 0.309 e. The van der Waals surface area contributed by atoms with Crippen LogP contribution in [0.2, 0.25) is 26.2 Å². The lowest BCUT2D eigenvalue weighted by atomic mass is 9.77. The standard InChI is InChI=1S/C34H56O5SSi2/c1-14-23(17-18-34(8,9)31(35)36)24-19-26(40-22-24)21-37-25-15-16-27(29(32(2,3)4)38-41(10)11)28(20-25)30(33(5,6)7)39-42(12)13/h15-17,19-20,22,29-30,41-42H,14,18,21H2,1-13H3,(H,35,36). The first kappa shape index (κ1) is 36.5. The van der Waals surface area contributed by atoms with Crippen LogP contribution >= 0.6 is 11.3 Å². The van der Waals surface area contributed by atoms with E-state index in [1.54, 1.807) is 25.2 Å². The van der Waals surface area contributed by atoms with Crippen molar-refractivity contribution in [2.45, 2.75) is 120 Å². The molecule has 2 unspecified atom stereocenters. The van der Waals surface area contributed by atoms with E-state index in [-0.39, 0.29) is 23.0 Å². The molecular weight excluding hydrogens is 577 g/mol. The number of carbonyl (C=O) groups is 1. The molecule has 1 N–H and O–H groups in total. The Labute approximate surface area is 263 Å². The number of hydrogen-bond donors (Lipinski definition) is 1. The number of rotatable bonds is 14. The van der Waals surface area contributed by atoms with Gasteiger partial charge in [0.2, 0.25) is 0 Å². The van der Waals surface area contributed by atoms with Gasteiger partial charge in [-0.3, -0.25) is 4.79 Å². The molecule has 0 saturated heterocycles. The molecule has 0 aliphatic carbocycles. The van der Waals surface area contributed by atoms with E-state index in [0.717, 1.165) is 22.6 Å². The van der Waals surface area contributed by atoms with Crippen LogP contribution in [0.4, 0.5) is 0 Å². The highest BCUT2D eigenvalue weighted by molar-refractivity contribution is 7.10. The van der Waals surface area contributed by atoms with Crippen LogP contribution in [0.3, 0.4) is 0 Å². The molecule has 1 aromatic carbocycles. The summed E-state index contributed by atoms with van der Waals surface area (Å²) in [7, 11) is -2.66. The second-order valence-electron chi connectivity index (χ2n) is 14.7. The summed E-state index contributed by atoms with van der Waals surface area (Å²) in [6.07, 6.45) is 3.33. The van der Waals surface area contributed by atoms with Gasteiger partial charge in [-0.2, -0.15) is 0 Å². The predicted molar refractivity (Wildman–Crippen MR) is 184 cm³/mol. The average molecular weight is 633 g/mol. The number of thiophene rings is 1. The molecule has 8 heteroatoms. The van der Waals surface area contributed by atoms with Gasteiger partial charge in [0.05, 0.1) is 17.6 Å². The minimum atomic E-state index is -1.34. The molecule has 1 aromatic heterocycles. The van der Waals surface area contributed by atoms with Crippen molar-refractivity contribution in [1.29, 1.82) is 0 Å². The largest absolute Gasteiger partial charge is 0.488 e. The van der Waals surface area contributed by atoms with Crippen LogP contribution in [0, 0.1) is 16.2 Å². The fourth-order valence-electron chi connectivity index (χ4n) is 4.85. The van der Waals surface area contributed by atoms with E-state index >= 15 is 0 Å². The molecule has 0 amide bonds. The van der Waals surface area contributed by atoms with Crippen LogP contribution in [0.15, 0.2) is 35.7 Å². The summed E-state index contributed by atoms with van der Waals surface area (Å²) in [4.78, 5) is 12.7. The molecule has 5 nitrogen and oxygen atoms in total. The van der Waals surface area contributed by atoms with Crippen LogP contribution in [-0.4, -0.2) is 29.2 Å². The van der Waals surface area contributed by atoms with Crippen LogP contribution < -0.4 is 4.74 Å². The average Bonchev–Trinajstić information content (AvgIpc) is 3.32. The quantitative estimate of drug-likeness (QED) is 0.210. The predicted octanol–water partition coefficient (Wildman–Crippen LogP) is 9.80. The lowest BCUT2D eigenvalue weighted by Gasteiger charge is -2.39. The molecule has 0 aliphatic rings. The van der Waals surface area contributed by atoms with E-state index in [2.05, 4.69) is 110 Å². The van der Waals surface area contributed by atoms with E-state index in [4.69, 9.17) is 13.6 Å². The topological polar surface area (TPSA) is 65.0 Å². The summed E-state index contributed by atoms with van der Waals surface area (Å²) in [5.41, 5.74) is 3.74. The molecule has 0 saturated carbocycles. The van der Waals surface area contributed by atoms with Crippen LogP contribution in [0.25, 0.3) is 5.57 Å². The number of ether oxygens (including phenoxy) is 1. The number of carboxylic acid groups (broad SMARTS) is 1. The number of carboxylic acids is 1. The Hall–Kier alpha value is -1.72. The van der Waals surface area contributed by atoms with Gasteiger partial charge in [0, 0.05) is 4.88 Å². The lowest BCUT2D eigenvalue weighted by molar-refractivity contribution is -0.146. The Kier molecular flexibility index (Phi) is 12.9. The molecule has 2 aromatic rings. The third-order valence-electron chi connectivity index (χ3n) is 7.24. The summed E-state index contributed by atoms with van der Waals surface area (Å²) < 4.78 is 19.8. The van der Waals surface area contributed by atoms with Crippen LogP contribution in [-0.2, 0) is 20.3 Å². The summed E-state index contributed by atoms with van der Waals surface area (Å²) in [5.74, 6) is 0.0522. The van der Waals surface area contributed by atoms with Crippen molar-refractivity contribution in [1.82, 2.24) is 0 Å². The normalized spacial score (nSPS) is 14.9. The van der Waals surface area contributed by atoms with Gasteiger partial charge >= 0.3 is 5.97 Å². The Morgan fingerprint density at radius 2 is 1.45 bits per heavy atom. The first-order valence-electron chi connectivity index (χ1n) is 15.3. The lowest BCUT2D eigenvalue weighted by Crippen LogP contribution is -2.31. The molecule has 2 atom stereocenters. The maximum atomic E-state index is 11.6. The Morgan fingerprint density at radius 3 is 1.93 bits per heavy atom. The zero-order valence-electron chi connectivity index (χ0n) is 28.4. The van der Waals surface area contributed by atoms with Crippen molar-refractivity contribution in [3.8, 4) is 5.75 Å². The van der Waals surface area contributed by atoms with E-state index in [1.165, 1.54) is 16.7 Å². The SMILES string of the molecule is CCC(=CCC(C)(C)C(=O)O)c1csc(COc2ccc(C(O[SiH](C)C)C(C)(C)C)c(C(O[SiH](C)C)C(C)(C)C)c2)c1. The number of hydrogen-bond acceptors (Lipinski definition) is 5. The molecule has 0 spiro atoms. The highest BCUT2D eigenvalue weighted by Gasteiger charge is 2.36. The Balaban J connectivity index is 2.43. The van der Waals surface area contributed by atoms with Crippen molar-refractivity contribution >= 4 is 41.0 Å². The summed E-state index contributed by atoms with van der Waals surface area (Å²) in [5, 5.41) is 11.6. The first-order valence-corrected chi connectivity index (χ1v) is 21.8. The zero-order chi connectivity index (χ0) is 32.0. The van der Waals surface area contributed by atoms with Gasteiger partial charge in [-0.15, -0.1) is 11.3 Å².